The third-order valence-electron chi connectivity index (χ3n) is 5.58. The van der Waals surface area contributed by atoms with Gasteiger partial charge in [0.2, 0.25) is 0 Å². The van der Waals surface area contributed by atoms with Crippen LogP contribution in [-0.4, -0.2) is 18.5 Å². The number of rotatable bonds is 2. The highest BCUT2D eigenvalue weighted by molar-refractivity contribution is 5.93. The number of carbonyl (C=O) groups excluding carboxylic acids is 1. The van der Waals surface area contributed by atoms with Crippen LogP contribution in [-0.2, 0) is 11.2 Å². The summed E-state index contributed by atoms with van der Waals surface area (Å²) in [6.07, 6.45) is 4.36. The molecule has 2 saturated carbocycles. The molecule has 4 N–H and O–H groups in total. The van der Waals surface area contributed by atoms with E-state index in [1.165, 1.54) is 17.5 Å². The Morgan fingerprint density at radius 2 is 2.05 bits per heavy atom. The second-order valence-electron chi connectivity index (χ2n) is 6.68. The molecule has 5 nitrogen and oxygen atoms in total. The monoisotopic (exact) mass is 299 g/mol. The fourth-order valence-corrected chi connectivity index (χ4v) is 4.86. The van der Waals surface area contributed by atoms with Gasteiger partial charge < -0.3 is 16.2 Å². The van der Waals surface area contributed by atoms with Crippen molar-refractivity contribution in [3.8, 4) is 5.75 Å². The van der Waals surface area contributed by atoms with Crippen LogP contribution >= 0.6 is 0 Å². The number of benzene rings is 1. The number of hydrogen-bond donors (Lipinski definition) is 2. The molecule has 3 aliphatic rings. The third kappa shape index (κ3) is 1.99. The Kier molecular flexibility index (Phi) is 3.10. The lowest BCUT2D eigenvalue weighted by atomic mass is 9.73. The lowest BCUT2D eigenvalue weighted by Crippen LogP contribution is -2.31. The van der Waals surface area contributed by atoms with E-state index in [0.29, 0.717) is 11.8 Å². The van der Waals surface area contributed by atoms with Crippen molar-refractivity contribution < 1.29 is 9.53 Å². The van der Waals surface area contributed by atoms with Gasteiger partial charge in [0.15, 0.2) is 5.96 Å². The van der Waals surface area contributed by atoms with Crippen LogP contribution in [0, 0.1) is 17.8 Å². The maximum Gasteiger partial charge on any atom is 0.252 e. The van der Waals surface area contributed by atoms with E-state index in [9.17, 15) is 4.79 Å². The van der Waals surface area contributed by atoms with Crippen LogP contribution in [0.1, 0.15) is 36.3 Å². The van der Waals surface area contributed by atoms with Gasteiger partial charge in [-0.2, -0.15) is 4.99 Å². The number of ether oxygens (including phenoxy) is 1. The van der Waals surface area contributed by atoms with Crippen LogP contribution in [0.2, 0.25) is 0 Å². The van der Waals surface area contributed by atoms with Crippen LogP contribution in [0.5, 0.6) is 5.75 Å². The highest BCUT2D eigenvalue weighted by atomic mass is 16.5. The molecule has 2 fully saturated rings. The zero-order valence-electron chi connectivity index (χ0n) is 12.5. The summed E-state index contributed by atoms with van der Waals surface area (Å²) in [6, 6.07) is 6.22. The second kappa shape index (κ2) is 5.00. The Bertz CT molecular complexity index is 651. The molecule has 5 heteroatoms. The van der Waals surface area contributed by atoms with E-state index in [4.69, 9.17) is 16.2 Å². The first-order valence-electron chi connectivity index (χ1n) is 8.03. The Morgan fingerprint density at radius 1 is 1.23 bits per heavy atom. The summed E-state index contributed by atoms with van der Waals surface area (Å²) in [7, 11) is 0. The predicted molar refractivity (Wildman–Crippen MR) is 83.5 cm³/mol. The van der Waals surface area contributed by atoms with Gasteiger partial charge in [-0.25, -0.2) is 0 Å². The molecule has 0 aromatic heterocycles. The average molecular weight is 299 g/mol. The number of aliphatic imine (C=N–C) groups is 1. The Balaban J connectivity index is 1.75. The van der Waals surface area contributed by atoms with Crippen molar-refractivity contribution in [2.45, 2.75) is 31.6 Å². The molecule has 1 aromatic rings. The van der Waals surface area contributed by atoms with E-state index in [1.54, 1.807) is 0 Å². The maximum absolute atomic E-state index is 12.6. The van der Waals surface area contributed by atoms with Gasteiger partial charge in [0.1, 0.15) is 5.75 Å². The second-order valence-corrected chi connectivity index (χ2v) is 6.68. The molecule has 116 valence electrons. The van der Waals surface area contributed by atoms with Gasteiger partial charge in [-0.3, -0.25) is 4.79 Å². The summed E-state index contributed by atoms with van der Waals surface area (Å²) >= 11 is 0. The third-order valence-corrected chi connectivity index (χ3v) is 5.58. The standard InChI is InChI=1S/C17H21N3O2/c18-17(19)20-16(21)15-10-5-4-9(8-10)14(15)12-2-1-3-13-11(12)6-7-22-13/h1-3,9-10,14-15H,4-8H2,(H4,18,19,20,21)/t9?,10?,14-,15+/m1/s1. The van der Waals surface area contributed by atoms with Gasteiger partial charge in [0.25, 0.3) is 5.91 Å². The first-order valence-corrected chi connectivity index (χ1v) is 8.03. The topological polar surface area (TPSA) is 90.7 Å². The molecule has 0 spiro atoms. The number of nitrogens with two attached hydrogens (primary N) is 2. The van der Waals surface area contributed by atoms with Crippen LogP contribution in [0.15, 0.2) is 23.2 Å². The fourth-order valence-electron chi connectivity index (χ4n) is 4.86. The van der Waals surface area contributed by atoms with Gasteiger partial charge in [0, 0.05) is 12.0 Å². The number of guanidine groups is 1. The molecule has 4 rings (SSSR count). The molecule has 2 aliphatic carbocycles. The molecule has 1 aromatic carbocycles. The fraction of sp³-hybridized carbons (Fsp3) is 0.529. The number of amides is 1. The summed E-state index contributed by atoms with van der Waals surface area (Å²) in [5.41, 5.74) is 13.4. The van der Waals surface area contributed by atoms with Gasteiger partial charge in [-0.1, -0.05) is 12.1 Å². The quantitative estimate of drug-likeness (QED) is 0.640. The number of nitrogens with zero attached hydrogens (tertiary/aromatic N) is 1. The number of carbonyl (C=O) groups is 1. The summed E-state index contributed by atoms with van der Waals surface area (Å²) in [5, 5.41) is 0. The van der Waals surface area contributed by atoms with E-state index >= 15 is 0 Å². The molecule has 1 amide bonds. The van der Waals surface area contributed by atoms with Gasteiger partial charge >= 0.3 is 0 Å². The molecule has 2 unspecified atom stereocenters. The number of hydrogen-bond acceptors (Lipinski definition) is 2. The minimum atomic E-state index is -0.145. The first-order chi connectivity index (χ1) is 10.6. The molecular weight excluding hydrogens is 278 g/mol. The van der Waals surface area contributed by atoms with Crippen LogP contribution in [0.4, 0.5) is 0 Å². The summed E-state index contributed by atoms with van der Waals surface area (Å²) < 4.78 is 5.69. The number of fused-ring (bicyclic) bond motifs is 3. The zero-order valence-corrected chi connectivity index (χ0v) is 12.5. The molecule has 1 aliphatic heterocycles. The van der Waals surface area contributed by atoms with Crippen LogP contribution in [0.25, 0.3) is 0 Å². The Labute approximate surface area is 129 Å². The minimum absolute atomic E-state index is 0.0760. The van der Waals surface area contributed by atoms with Crippen molar-refractivity contribution in [1.29, 1.82) is 0 Å². The summed E-state index contributed by atoms with van der Waals surface area (Å²) in [6.45, 7) is 0.736. The van der Waals surface area contributed by atoms with E-state index in [1.807, 2.05) is 12.1 Å². The first kappa shape index (κ1) is 13.6. The largest absolute Gasteiger partial charge is 0.493 e. The van der Waals surface area contributed by atoms with Crippen molar-refractivity contribution in [2.24, 2.45) is 34.2 Å². The lowest BCUT2D eigenvalue weighted by molar-refractivity contribution is -0.123. The Hall–Kier alpha value is -2.04. The van der Waals surface area contributed by atoms with Crippen molar-refractivity contribution in [2.75, 3.05) is 6.61 Å². The molecule has 4 atom stereocenters. The average Bonchev–Trinajstić information content (AvgIpc) is 3.20. The van der Waals surface area contributed by atoms with Gasteiger partial charge in [-0.15, -0.1) is 0 Å². The van der Waals surface area contributed by atoms with Crippen molar-refractivity contribution in [1.82, 2.24) is 0 Å². The summed E-state index contributed by atoms with van der Waals surface area (Å²) in [4.78, 5) is 16.4. The minimum Gasteiger partial charge on any atom is -0.493 e. The van der Waals surface area contributed by atoms with Gasteiger partial charge in [-0.05, 0) is 48.6 Å². The molecule has 1 heterocycles. The highest BCUT2D eigenvalue weighted by Crippen LogP contribution is 2.58. The maximum atomic E-state index is 12.6. The molecular formula is C17H21N3O2. The SMILES string of the molecule is NC(N)=NC(=O)[C@H]1C2CCC(C2)[C@@H]1c1cccc2c1CCO2. The molecule has 0 radical (unpaired) electrons. The normalized spacial score (nSPS) is 31.6. The van der Waals surface area contributed by atoms with Crippen LogP contribution in [0.3, 0.4) is 0 Å². The predicted octanol–water partition coefficient (Wildman–Crippen LogP) is 1.55. The van der Waals surface area contributed by atoms with E-state index in [-0.39, 0.29) is 23.7 Å². The summed E-state index contributed by atoms with van der Waals surface area (Å²) in [5.74, 6) is 1.86. The van der Waals surface area contributed by atoms with Gasteiger partial charge in [0.05, 0.1) is 12.5 Å². The smallest absolute Gasteiger partial charge is 0.252 e. The molecule has 2 bridgehead atoms. The molecule has 0 saturated heterocycles. The van der Waals surface area contributed by atoms with Crippen LogP contribution < -0.4 is 16.2 Å². The Morgan fingerprint density at radius 3 is 2.86 bits per heavy atom. The van der Waals surface area contributed by atoms with E-state index in [2.05, 4.69) is 11.1 Å². The zero-order chi connectivity index (χ0) is 15.3. The van der Waals surface area contributed by atoms with E-state index in [0.717, 1.165) is 31.6 Å². The lowest BCUT2D eigenvalue weighted by Gasteiger charge is -2.30. The van der Waals surface area contributed by atoms with E-state index < -0.39 is 0 Å². The van der Waals surface area contributed by atoms with Crippen molar-refractivity contribution in [3.05, 3.63) is 29.3 Å². The molecule has 22 heavy (non-hydrogen) atoms. The highest BCUT2D eigenvalue weighted by Gasteiger charge is 2.52. The van der Waals surface area contributed by atoms with Crippen molar-refractivity contribution in [3.63, 3.8) is 0 Å². The van der Waals surface area contributed by atoms with Crippen molar-refractivity contribution >= 4 is 11.9 Å².